The lowest BCUT2D eigenvalue weighted by Gasteiger charge is -2.11. The van der Waals surface area contributed by atoms with Gasteiger partial charge in [-0.3, -0.25) is 0 Å². The third kappa shape index (κ3) is 3.57. The molecule has 0 aliphatic rings. The van der Waals surface area contributed by atoms with Gasteiger partial charge in [0.05, 0.1) is 6.61 Å². The number of pyridine rings is 1. The van der Waals surface area contributed by atoms with E-state index < -0.39 is 12.4 Å². The fourth-order valence-electron chi connectivity index (χ4n) is 1.26. The zero-order chi connectivity index (χ0) is 13.0. The zero-order valence-electron chi connectivity index (χ0n) is 8.84. The van der Waals surface area contributed by atoms with Crippen molar-refractivity contribution in [3.05, 3.63) is 26.6 Å². The predicted octanol–water partition coefficient (Wildman–Crippen LogP) is 3.70. The molecule has 0 radical (unpaired) electrons. The number of carbonyl (C=O) groups is 1. The first-order valence-corrected chi connectivity index (χ1v) is 6.91. The number of halogens is 4. The van der Waals surface area contributed by atoms with E-state index in [0.717, 1.165) is 0 Å². The number of aromatic nitrogens is 1. The van der Waals surface area contributed by atoms with Gasteiger partial charge >= 0.3 is 5.97 Å². The smallest absolute Gasteiger partial charge is 0.357 e. The van der Waals surface area contributed by atoms with Crippen LogP contribution in [0, 0.1) is 3.70 Å². The molecule has 0 fully saturated rings. The Morgan fingerprint density at radius 3 is 2.76 bits per heavy atom. The molecule has 0 aliphatic carbocycles. The first-order valence-electron chi connectivity index (χ1n) is 4.71. The predicted molar refractivity (Wildman–Crippen MR) is 70.5 cm³/mol. The molecule has 0 unspecified atom stereocenters. The van der Waals surface area contributed by atoms with Crippen molar-refractivity contribution < 1.29 is 18.3 Å². The second kappa shape index (κ2) is 6.58. The average Bonchev–Trinajstić information content (AvgIpc) is 2.28. The third-order valence-corrected chi connectivity index (χ3v) is 3.08. The van der Waals surface area contributed by atoms with Gasteiger partial charge in [-0.2, -0.15) is 0 Å². The van der Waals surface area contributed by atoms with Gasteiger partial charge in [-0.15, -0.1) is 0 Å². The number of rotatable bonds is 4. The van der Waals surface area contributed by atoms with Crippen molar-refractivity contribution in [3.63, 3.8) is 0 Å². The summed E-state index contributed by atoms with van der Waals surface area (Å²) in [6, 6.07) is 1.27. The van der Waals surface area contributed by atoms with Gasteiger partial charge in [0, 0.05) is 16.5 Å². The van der Waals surface area contributed by atoms with Crippen molar-refractivity contribution in [1.29, 1.82) is 0 Å². The van der Waals surface area contributed by atoms with Gasteiger partial charge in [-0.05, 0) is 35.6 Å². The number of ether oxygens (including phenoxy) is 1. The molecular formula is C10H9BrF2INO2. The maximum atomic E-state index is 12.8. The minimum atomic E-state index is -2.65. The van der Waals surface area contributed by atoms with Crippen LogP contribution in [0.5, 0.6) is 0 Å². The molecule has 0 atom stereocenters. The highest BCUT2D eigenvalue weighted by molar-refractivity contribution is 14.1. The Bertz CT molecular complexity index is 429. The van der Waals surface area contributed by atoms with Crippen LogP contribution >= 0.6 is 38.5 Å². The minimum Gasteiger partial charge on any atom is -0.461 e. The summed E-state index contributed by atoms with van der Waals surface area (Å²) in [7, 11) is 0. The van der Waals surface area contributed by atoms with Crippen LogP contribution < -0.4 is 0 Å². The quantitative estimate of drug-likeness (QED) is 0.323. The van der Waals surface area contributed by atoms with Crippen molar-refractivity contribution in [2.45, 2.75) is 18.7 Å². The summed E-state index contributed by atoms with van der Waals surface area (Å²) >= 11 is 4.88. The summed E-state index contributed by atoms with van der Waals surface area (Å²) in [4.78, 5) is 15.6. The Morgan fingerprint density at radius 2 is 2.29 bits per heavy atom. The Balaban J connectivity index is 3.32. The highest BCUT2D eigenvalue weighted by atomic mass is 127. The van der Waals surface area contributed by atoms with Crippen LogP contribution in [0.3, 0.4) is 0 Å². The normalized spacial score (nSPS) is 10.7. The van der Waals surface area contributed by atoms with Gasteiger partial charge in [0.15, 0.2) is 5.69 Å². The van der Waals surface area contributed by atoms with Crippen molar-refractivity contribution in [2.75, 3.05) is 6.61 Å². The molecule has 0 N–H and O–H groups in total. The average molecular weight is 420 g/mol. The third-order valence-electron chi connectivity index (χ3n) is 1.97. The van der Waals surface area contributed by atoms with E-state index in [1.54, 1.807) is 29.5 Å². The largest absolute Gasteiger partial charge is 0.461 e. The van der Waals surface area contributed by atoms with Crippen molar-refractivity contribution in [1.82, 2.24) is 4.98 Å². The first-order chi connectivity index (χ1) is 8.01. The Morgan fingerprint density at radius 1 is 1.65 bits per heavy atom. The van der Waals surface area contributed by atoms with Gasteiger partial charge in [-0.1, -0.05) is 15.9 Å². The summed E-state index contributed by atoms with van der Waals surface area (Å²) in [6.07, 6.45) is -2.65. The summed E-state index contributed by atoms with van der Waals surface area (Å²) in [5.41, 5.74) is -0.0610. The van der Waals surface area contributed by atoms with Gasteiger partial charge in [-0.25, -0.2) is 18.6 Å². The van der Waals surface area contributed by atoms with E-state index in [9.17, 15) is 13.6 Å². The number of hydrogen-bond donors (Lipinski definition) is 0. The maximum Gasteiger partial charge on any atom is 0.357 e. The molecule has 17 heavy (non-hydrogen) atoms. The molecule has 0 spiro atoms. The van der Waals surface area contributed by atoms with Crippen LogP contribution in [-0.4, -0.2) is 17.6 Å². The topological polar surface area (TPSA) is 39.2 Å². The van der Waals surface area contributed by atoms with E-state index in [-0.39, 0.29) is 28.8 Å². The molecule has 3 nitrogen and oxygen atoms in total. The Kier molecular flexibility index (Phi) is 5.71. The van der Waals surface area contributed by atoms with Crippen LogP contribution in [0.2, 0.25) is 0 Å². The van der Waals surface area contributed by atoms with Crippen LogP contribution in [0.25, 0.3) is 0 Å². The molecule has 0 aromatic carbocycles. The van der Waals surface area contributed by atoms with Crippen LogP contribution in [0.15, 0.2) is 6.07 Å². The van der Waals surface area contributed by atoms with E-state index in [1.807, 2.05) is 0 Å². The fourth-order valence-corrected chi connectivity index (χ4v) is 2.43. The van der Waals surface area contributed by atoms with Gasteiger partial charge in [0.1, 0.15) is 3.70 Å². The highest BCUT2D eigenvalue weighted by Crippen LogP contribution is 2.28. The van der Waals surface area contributed by atoms with Crippen molar-refractivity contribution in [3.8, 4) is 0 Å². The van der Waals surface area contributed by atoms with E-state index in [1.165, 1.54) is 6.07 Å². The molecule has 94 valence electrons. The molecule has 1 rings (SSSR count). The van der Waals surface area contributed by atoms with Gasteiger partial charge in [0.2, 0.25) is 0 Å². The van der Waals surface area contributed by atoms with Crippen LogP contribution in [0.4, 0.5) is 8.78 Å². The fraction of sp³-hybridized carbons (Fsp3) is 0.400. The molecule has 0 saturated heterocycles. The van der Waals surface area contributed by atoms with Crippen LogP contribution in [-0.2, 0) is 10.1 Å². The zero-order valence-corrected chi connectivity index (χ0v) is 12.6. The lowest BCUT2D eigenvalue weighted by atomic mass is 10.1. The van der Waals surface area contributed by atoms with Gasteiger partial charge < -0.3 is 4.74 Å². The van der Waals surface area contributed by atoms with E-state index in [0.29, 0.717) is 3.70 Å². The number of nitrogens with zero attached hydrogens (tertiary/aromatic N) is 1. The first kappa shape index (κ1) is 14.7. The van der Waals surface area contributed by atoms with E-state index in [4.69, 9.17) is 4.74 Å². The molecule has 1 heterocycles. The summed E-state index contributed by atoms with van der Waals surface area (Å²) < 4.78 is 30.8. The molecule has 0 bridgehead atoms. The summed E-state index contributed by atoms with van der Waals surface area (Å²) in [5.74, 6) is -0.678. The van der Waals surface area contributed by atoms with Crippen molar-refractivity contribution >= 4 is 44.5 Å². The Labute approximate surface area is 119 Å². The lowest BCUT2D eigenvalue weighted by molar-refractivity contribution is 0.0517. The molecule has 0 amide bonds. The molecule has 1 aromatic heterocycles. The summed E-state index contributed by atoms with van der Waals surface area (Å²) in [5, 5.41) is 0.130. The standard InChI is InChI=1S/C10H9BrF2INO2/c1-2-17-10(16)8-6(4-11)5(9(12)13)3-7(14)15-8/h3,9H,2,4H2,1H3. The minimum absolute atomic E-state index is 0.0501. The number of hydrogen-bond acceptors (Lipinski definition) is 3. The number of carbonyl (C=O) groups excluding carboxylic acids is 1. The molecule has 0 saturated carbocycles. The lowest BCUT2D eigenvalue weighted by Crippen LogP contribution is -2.13. The molecule has 0 aliphatic heterocycles. The van der Waals surface area contributed by atoms with E-state index >= 15 is 0 Å². The Hall–Kier alpha value is -0.310. The SMILES string of the molecule is CCOC(=O)c1nc(I)cc(C(F)F)c1CBr. The number of alkyl halides is 3. The van der Waals surface area contributed by atoms with Crippen LogP contribution in [0.1, 0.15) is 35.0 Å². The highest BCUT2D eigenvalue weighted by Gasteiger charge is 2.22. The summed E-state index contributed by atoms with van der Waals surface area (Å²) in [6.45, 7) is 1.82. The monoisotopic (exact) mass is 419 g/mol. The van der Waals surface area contributed by atoms with Gasteiger partial charge in [0.25, 0.3) is 6.43 Å². The molecule has 1 aromatic rings. The maximum absolute atomic E-state index is 12.8. The molecule has 7 heteroatoms. The van der Waals surface area contributed by atoms with Crippen molar-refractivity contribution in [2.24, 2.45) is 0 Å². The molecular weight excluding hydrogens is 411 g/mol. The van der Waals surface area contributed by atoms with E-state index in [2.05, 4.69) is 20.9 Å². The second-order valence-corrected chi connectivity index (χ2v) is 4.68. The number of esters is 1. The second-order valence-electron chi connectivity index (χ2n) is 3.02.